The number of para-hydroxylation sites is 1. The van der Waals surface area contributed by atoms with E-state index in [1.807, 2.05) is 24.3 Å². The largest absolute Gasteiger partial charge is 0.323 e. The van der Waals surface area contributed by atoms with Gasteiger partial charge in [-0.15, -0.1) is 11.8 Å². The molecule has 0 saturated heterocycles. The molecule has 2 aromatic carbocycles. The second-order valence-electron chi connectivity index (χ2n) is 4.81. The first-order chi connectivity index (χ1) is 9.66. The second-order valence-corrected chi connectivity index (χ2v) is 6.09. The molecule has 0 aromatic heterocycles. The zero-order chi connectivity index (χ0) is 14.1. The van der Waals surface area contributed by atoms with Crippen LogP contribution in [0.5, 0.6) is 0 Å². The lowest BCUT2D eigenvalue weighted by atomic mass is 10.1. The van der Waals surface area contributed by atoms with Gasteiger partial charge in [0.25, 0.3) is 5.69 Å². The van der Waals surface area contributed by atoms with Gasteiger partial charge in [-0.2, -0.15) is 0 Å². The van der Waals surface area contributed by atoms with Crippen molar-refractivity contribution in [2.45, 2.75) is 22.6 Å². The summed E-state index contributed by atoms with van der Waals surface area (Å²) in [5.74, 6) is 0. The number of hydrogen-bond donors (Lipinski definition) is 1. The number of nitrogens with zero attached hydrogens (tertiary/aromatic N) is 1. The summed E-state index contributed by atoms with van der Waals surface area (Å²) in [6.07, 6.45) is 0.855. The summed E-state index contributed by atoms with van der Waals surface area (Å²) < 4.78 is 0. The molecule has 2 N–H and O–H groups in total. The third kappa shape index (κ3) is 2.30. The predicted molar refractivity (Wildman–Crippen MR) is 79.8 cm³/mol. The minimum absolute atomic E-state index is 0.0731. The first kappa shape index (κ1) is 13.1. The van der Waals surface area contributed by atoms with Crippen LogP contribution in [0.3, 0.4) is 0 Å². The molecule has 1 aliphatic carbocycles. The standard InChI is InChI=1S/C15H14N2O2S/c16-15-11-6-2-1-5-10(11)9-14(15)20-13-8-4-3-7-12(13)17(18)19/h1-8,14-15H,9,16H2. The van der Waals surface area contributed by atoms with Gasteiger partial charge in [-0.1, -0.05) is 36.4 Å². The molecule has 5 heteroatoms. The van der Waals surface area contributed by atoms with Gasteiger partial charge < -0.3 is 5.73 Å². The fourth-order valence-electron chi connectivity index (χ4n) is 2.57. The number of benzene rings is 2. The molecule has 0 fully saturated rings. The Balaban J connectivity index is 1.86. The van der Waals surface area contributed by atoms with Crippen LogP contribution >= 0.6 is 11.8 Å². The van der Waals surface area contributed by atoms with E-state index in [2.05, 4.69) is 6.07 Å². The van der Waals surface area contributed by atoms with Gasteiger partial charge in [0.2, 0.25) is 0 Å². The van der Waals surface area contributed by atoms with Crippen molar-refractivity contribution in [1.82, 2.24) is 0 Å². The maximum absolute atomic E-state index is 11.1. The van der Waals surface area contributed by atoms with E-state index in [1.165, 1.54) is 23.4 Å². The van der Waals surface area contributed by atoms with Gasteiger partial charge >= 0.3 is 0 Å². The first-order valence-corrected chi connectivity index (χ1v) is 7.28. The molecule has 3 rings (SSSR count). The van der Waals surface area contributed by atoms with Crippen LogP contribution < -0.4 is 5.73 Å². The lowest BCUT2D eigenvalue weighted by Crippen LogP contribution is -2.19. The van der Waals surface area contributed by atoms with Crippen LogP contribution in [0.25, 0.3) is 0 Å². The highest BCUT2D eigenvalue weighted by Crippen LogP contribution is 2.42. The summed E-state index contributed by atoms with van der Waals surface area (Å²) in [7, 11) is 0. The SMILES string of the molecule is NC1c2ccccc2CC1Sc1ccccc1[N+](=O)[O-]. The zero-order valence-electron chi connectivity index (χ0n) is 10.7. The molecule has 0 spiro atoms. The summed E-state index contributed by atoms with van der Waals surface area (Å²) in [6.45, 7) is 0. The van der Waals surface area contributed by atoms with Gasteiger partial charge in [0.15, 0.2) is 0 Å². The molecule has 0 amide bonds. The molecule has 2 aromatic rings. The van der Waals surface area contributed by atoms with E-state index in [9.17, 15) is 10.1 Å². The molecule has 0 heterocycles. The lowest BCUT2D eigenvalue weighted by Gasteiger charge is -2.15. The highest BCUT2D eigenvalue weighted by molar-refractivity contribution is 8.00. The van der Waals surface area contributed by atoms with E-state index in [0.29, 0.717) is 4.90 Å². The van der Waals surface area contributed by atoms with Crippen LogP contribution in [0, 0.1) is 10.1 Å². The highest BCUT2D eigenvalue weighted by Gasteiger charge is 2.31. The van der Waals surface area contributed by atoms with Crippen LogP contribution in [-0.4, -0.2) is 10.2 Å². The predicted octanol–water partition coefficient (Wildman–Crippen LogP) is 3.31. The van der Waals surface area contributed by atoms with E-state index in [0.717, 1.165) is 12.0 Å². The van der Waals surface area contributed by atoms with Crippen molar-refractivity contribution < 1.29 is 4.92 Å². The highest BCUT2D eigenvalue weighted by atomic mass is 32.2. The van der Waals surface area contributed by atoms with E-state index >= 15 is 0 Å². The average molecular weight is 286 g/mol. The van der Waals surface area contributed by atoms with Crippen molar-refractivity contribution in [3.8, 4) is 0 Å². The number of thioether (sulfide) groups is 1. The summed E-state index contributed by atoms with van der Waals surface area (Å²) in [6, 6.07) is 14.9. The number of hydrogen-bond acceptors (Lipinski definition) is 4. The molecule has 0 bridgehead atoms. The summed E-state index contributed by atoms with van der Waals surface area (Å²) in [5, 5.41) is 11.2. The molecule has 0 aliphatic heterocycles. The Kier molecular flexibility index (Phi) is 3.46. The van der Waals surface area contributed by atoms with Gasteiger partial charge in [-0.05, 0) is 23.6 Å². The van der Waals surface area contributed by atoms with Gasteiger partial charge in [0, 0.05) is 17.4 Å². The molecule has 4 nitrogen and oxygen atoms in total. The number of nitro groups is 1. The van der Waals surface area contributed by atoms with Gasteiger partial charge in [0.05, 0.1) is 9.82 Å². The van der Waals surface area contributed by atoms with Crippen LogP contribution in [-0.2, 0) is 6.42 Å². The third-order valence-corrected chi connectivity index (χ3v) is 4.94. The smallest absolute Gasteiger partial charge is 0.282 e. The lowest BCUT2D eigenvalue weighted by molar-refractivity contribution is -0.387. The van der Waals surface area contributed by atoms with Crippen molar-refractivity contribution in [2.75, 3.05) is 0 Å². The van der Waals surface area contributed by atoms with Crippen molar-refractivity contribution >= 4 is 17.4 Å². The zero-order valence-corrected chi connectivity index (χ0v) is 11.5. The minimum Gasteiger partial charge on any atom is -0.323 e. The molecule has 2 unspecified atom stereocenters. The van der Waals surface area contributed by atoms with E-state index < -0.39 is 0 Å². The monoisotopic (exact) mass is 286 g/mol. The van der Waals surface area contributed by atoms with Crippen LogP contribution in [0.15, 0.2) is 53.4 Å². The van der Waals surface area contributed by atoms with E-state index in [1.54, 1.807) is 12.1 Å². The summed E-state index contributed by atoms with van der Waals surface area (Å²) in [4.78, 5) is 11.4. The van der Waals surface area contributed by atoms with Crippen molar-refractivity contribution in [2.24, 2.45) is 5.73 Å². The molecule has 102 valence electrons. The molecular weight excluding hydrogens is 272 g/mol. The van der Waals surface area contributed by atoms with Crippen molar-refractivity contribution in [3.05, 3.63) is 69.8 Å². The van der Waals surface area contributed by atoms with Crippen LogP contribution in [0.2, 0.25) is 0 Å². The molecule has 0 radical (unpaired) electrons. The topological polar surface area (TPSA) is 69.2 Å². The Morgan fingerprint density at radius 2 is 1.85 bits per heavy atom. The Hall–Kier alpha value is -1.85. The fraction of sp³-hybridized carbons (Fsp3) is 0.200. The normalized spacial score (nSPS) is 20.6. The Bertz CT molecular complexity index is 660. The van der Waals surface area contributed by atoms with Crippen molar-refractivity contribution in [1.29, 1.82) is 0 Å². The maximum Gasteiger partial charge on any atom is 0.282 e. The maximum atomic E-state index is 11.1. The van der Waals surface area contributed by atoms with Crippen LogP contribution in [0.1, 0.15) is 17.2 Å². The molecular formula is C15H14N2O2S. The Morgan fingerprint density at radius 1 is 1.15 bits per heavy atom. The molecule has 2 atom stereocenters. The van der Waals surface area contributed by atoms with Crippen molar-refractivity contribution in [3.63, 3.8) is 0 Å². The van der Waals surface area contributed by atoms with E-state index in [-0.39, 0.29) is 21.9 Å². The molecule has 1 aliphatic rings. The van der Waals surface area contributed by atoms with E-state index in [4.69, 9.17) is 5.73 Å². The van der Waals surface area contributed by atoms with Gasteiger partial charge in [0.1, 0.15) is 0 Å². The van der Waals surface area contributed by atoms with Gasteiger partial charge in [-0.25, -0.2) is 0 Å². The third-order valence-electron chi connectivity index (χ3n) is 3.58. The second kappa shape index (κ2) is 5.26. The summed E-state index contributed by atoms with van der Waals surface area (Å²) >= 11 is 1.50. The number of nitrogens with two attached hydrogens (primary N) is 1. The molecule has 20 heavy (non-hydrogen) atoms. The Morgan fingerprint density at radius 3 is 2.60 bits per heavy atom. The summed E-state index contributed by atoms with van der Waals surface area (Å²) in [5.41, 5.74) is 8.83. The number of fused-ring (bicyclic) bond motifs is 1. The Labute approximate surface area is 121 Å². The first-order valence-electron chi connectivity index (χ1n) is 6.40. The number of nitro benzene ring substituents is 1. The number of rotatable bonds is 3. The quantitative estimate of drug-likeness (QED) is 0.694. The van der Waals surface area contributed by atoms with Crippen LogP contribution in [0.4, 0.5) is 5.69 Å². The molecule has 0 saturated carbocycles. The average Bonchev–Trinajstić information content (AvgIpc) is 2.76. The fourth-order valence-corrected chi connectivity index (χ4v) is 3.88. The van der Waals surface area contributed by atoms with Gasteiger partial charge in [-0.3, -0.25) is 10.1 Å². The minimum atomic E-state index is -0.337.